The number of benzene rings is 2. The monoisotopic (exact) mass is 578 g/mol. The number of ether oxygens (including phenoxy) is 1. The van der Waals surface area contributed by atoms with Crippen LogP contribution in [0.1, 0.15) is 44.2 Å². The topological polar surface area (TPSA) is 84.5 Å². The molecular weight excluding hydrogens is 558 g/mol. The van der Waals surface area contributed by atoms with Crippen LogP contribution in [0.2, 0.25) is 10.0 Å². The van der Waals surface area contributed by atoms with Crippen LogP contribution in [0.5, 0.6) is 0 Å². The van der Waals surface area contributed by atoms with E-state index < -0.39 is 69.5 Å². The summed E-state index contributed by atoms with van der Waals surface area (Å²) in [6, 6.07) is 3.34. The molecule has 0 bridgehead atoms. The molecule has 13 heteroatoms. The zero-order valence-corrected chi connectivity index (χ0v) is 21.6. The summed E-state index contributed by atoms with van der Waals surface area (Å²) in [5.74, 6) is -8.96. The smallest absolute Gasteiger partial charge is 0.385 e. The van der Waals surface area contributed by atoms with Crippen molar-refractivity contribution in [2.45, 2.75) is 56.8 Å². The molecule has 0 radical (unpaired) electrons. The number of hydrogen-bond acceptors (Lipinski definition) is 5. The van der Waals surface area contributed by atoms with Gasteiger partial charge in [-0.05, 0) is 35.1 Å². The summed E-state index contributed by atoms with van der Waals surface area (Å²) in [6.07, 6.45) is -5.38. The van der Waals surface area contributed by atoms with Crippen molar-refractivity contribution < 1.29 is 41.1 Å². The van der Waals surface area contributed by atoms with Crippen molar-refractivity contribution in [3.63, 3.8) is 0 Å². The molecule has 2 aliphatic heterocycles. The molecule has 2 heterocycles. The largest absolute Gasteiger partial charge is 0.491 e. The Morgan fingerprint density at radius 3 is 2.26 bits per heavy atom. The van der Waals surface area contributed by atoms with E-state index in [4.69, 9.17) is 23.2 Å². The van der Waals surface area contributed by atoms with Gasteiger partial charge in [-0.3, -0.25) is 10.1 Å². The number of carbonyl (C=O) groups is 3. The third-order valence-corrected chi connectivity index (χ3v) is 7.30. The number of anilines is 1. The summed E-state index contributed by atoms with van der Waals surface area (Å²) in [5, 5.41) is 4.52. The molecule has 0 aliphatic carbocycles. The fourth-order valence-electron chi connectivity index (χ4n) is 5.37. The Bertz CT molecular complexity index is 1340. The molecule has 2 aromatic rings. The molecule has 1 spiro atoms. The highest BCUT2D eigenvalue weighted by molar-refractivity contribution is 6.31. The van der Waals surface area contributed by atoms with Crippen molar-refractivity contribution in [3.05, 3.63) is 63.1 Å². The number of rotatable bonds is 3. The number of alkyl halides is 3. The molecule has 1 unspecified atom stereocenters. The van der Waals surface area contributed by atoms with Crippen LogP contribution in [0.4, 0.5) is 27.6 Å². The molecule has 0 saturated carbocycles. The van der Waals surface area contributed by atoms with Gasteiger partial charge in [-0.25, -0.2) is 18.4 Å². The Morgan fingerprint density at radius 1 is 1.03 bits per heavy atom. The van der Waals surface area contributed by atoms with Gasteiger partial charge in [-0.2, -0.15) is 13.2 Å². The Hall–Kier alpha value is -2.76. The van der Waals surface area contributed by atoms with E-state index in [-0.39, 0.29) is 28.3 Å². The molecule has 204 valence electrons. The number of nitrogens with one attached hydrogen (secondary N) is 2. The highest BCUT2D eigenvalue weighted by atomic mass is 35.5. The summed E-state index contributed by atoms with van der Waals surface area (Å²) >= 11 is 11.9. The van der Waals surface area contributed by atoms with Gasteiger partial charge in [0.25, 0.3) is 0 Å². The minimum absolute atomic E-state index is 0.00738. The minimum atomic E-state index is -5.50. The number of fused-ring (bicyclic) bond motifs is 2. The van der Waals surface area contributed by atoms with Crippen LogP contribution in [0.25, 0.3) is 0 Å². The highest BCUT2D eigenvalue weighted by Gasteiger charge is 2.67. The van der Waals surface area contributed by atoms with Gasteiger partial charge >= 0.3 is 18.1 Å². The number of halogens is 7. The third-order valence-electron chi connectivity index (χ3n) is 6.72. The average Bonchev–Trinajstić information content (AvgIpc) is 3.27. The van der Waals surface area contributed by atoms with Crippen LogP contribution < -0.4 is 10.6 Å². The van der Waals surface area contributed by atoms with Crippen molar-refractivity contribution in [1.82, 2.24) is 5.32 Å². The van der Waals surface area contributed by atoms with E-state index in [1.807, 2.05) is 0 Å². The Kier molecular flexibility index (Phi) is 7.03. The SMILES string of the molecule is CC(C)(C)C[C@@H]1N[C@@H](C(=O)OC(=O)C(F)(F)F)[C@H](c2cccc(Cl)c2F)C12C(=O)Nc1c2ccc(Cl)c1F. The minimum Gasteiger partial charge on any atom is -0.385 e. The lowest BCUT2D eigenvalue weighted by atomic mass is 9.62. The maximum atomic E-state index is 15.5. The Labute approximate surface area is 223 Å². The van der Waals surface area contributed by atoms with E-state index in [0.717, 1.165) is 0 Å². The molecular formula is C25H21Cl2F5N2O4. The maximum absolute atomic E-state index is 15.5. The first kappa shape index (κ1) is 28.3. The summed E-state index contributed by atoms with van der Waals surface area (Å²) in [4.78, 5) is 38.4. The summed E-state index contributed by atoms with van der Waals surface area (Å²) in [6.45, 7) is 5.39. The molecule has 2 aromatic carbocycles. The van der Waals surface area contributed by atoms with Crippen LogP contribution >= 0.6 is 23.2 Å². The van der Waals surface area contributed by atoms with Gasteiger partial charge in [-0.1, -0.05) is 62.2 Å². The van der Waals surface area contributed by atoms with Gasteiger partial charge < -0.3 is 10.1 Å². The second kappa shape index (κ2) is 9.46. The van der Waals surface area contributed by atoms with Crippen LogP contribution in [-0.2, 0) is 24.5 Å². The zero-order valence-electron chi connectivity index (χ0n) is 20.1. The van der Waals surface area contributed by atoms with E-state index in [9.17, 15) is 27.6 Å². The van der Waals surface area contributed by atoms with Crippen LogP contribution in [0.15, 0.2) is 30.3 Å². The van der Waals surface area contributed by atoms with E-state index in [0.29, 0.717) is 0 Å². The van der Waals surface area contributed by atoms with Crippen LogP contribution in [0, 0.1) is 17.0 Å². The second-order valence-corrected chi connectivity index (χ2v) is 11.2. The molecule has 2 N–H and O–H groups in total. The molecule has 1 amide bonds. The first-order valence-corrected chi connectivity index (χ1v) is 12.1. The number of esters is 2. The number of carbonyl (C=O) groups excluding carboxylic acids is 3. The van der Waals surface area contributed by atoms with Gasteiger partial charge in [0, 0.05) is 12.0 Å². The third kappa shape index (κ3) is 4.54. The quantitative estimate of drug-likeness (QED) is 0.279. The lowest BCUT2D eigenvalue weighted by Crippen LogP contribution is -2.49. The lowest BCUT2D eigenvalue weighted by Gasteiger charge is -2.37. The number of hydrogen-bond donors (Lipinski definition) is 2. The Morgan fingerprint density at radius 2 is 1.66 bits per heavy atom. The summed E-state index contributed by atoms with van der Waals surface area (Å²) in [5.41, 5.74) is -3.12. The van der Waals surface area contributed by atoms with Crippen LogP contribution in [0.3, 0.4) is 0 Å². The Balaban J connectivity index is 2.01. The van der Waals surface area contributed by atoms with Gasteiger partial charge in [0.2, 0.25) is 5.91 Å². The predicted molar refractivity (Wildman–Crippen MR) is 128 cm³/mol. The normalized spacial score (nSPS) is 24.9. The molecule has 1 fully saturated rings. The van der Waals surface area contributed by atoms with E-state index in [1.54, 1.807) is 20.8 Å². The molecule has 2 aliphatic rings. The fraction of sp³-hybridized carbons (Fsp3) is 0.400. The van der Waals surface area contributed by atoms with Crippen molar-refractivity contribution in [2.24, 2.45) is 5.41 Å². The molecule has 4 atom stereocenters. The zero-order chi connectivity index (χ0) is 28.4. The van der Waals surface area contributed by atoms with Gasteiger partial charge in [-0.15, -0.1) is 0 Å². The van der Waals surface area contributed by atoms with Crippen molar-refractivity contribution >= 4 is 46.7 Å². The molecule has 0 aromatic heterocycles. The molecule has 6 nitrogen and oxygen atoms in total. The molecule has 4 rings (SSSR count). The predicted octanol–water partition coefficient (Wildman–Crippen LogP) is 5.65. The first-order valence-electron chi connectivity index (χ1n) is 11.3. The lowest BCUT2D eigenvalue weighted by molar-refractivity contribution is -0.202. The van der Waals surface area contributed by atoms with Crippen molar-refractivity contribution in [3.8, 4) is 0 Å². The van der Waals surface area contributed by atoms with E-state index in [2.05, 4.69) is 15.4 Å². The molecule has 1 saturated heterocycles. The highest BCUT2D eigenvalue weighted by Crippen LogP contribution is 2.57. The average molecular weight is 579 g/mol. The first-order chi connectivity index (χ1) is 17.5. The number of amides is 1. The van der Waals surface area contributed by atoms with E-state index in [1.165, 1.54) is 30.3 Å². The van der Waals surface area contributed by atoms with Crippen molar-refractivity contribution in [1.29, 1.82) is 0 Å². The van der Waals surface area contributed by atoms with Gasteiger partial charge in [0.05, 0.1) is 15.7 Å². The fourth-order valence-corrected chi connectivity index (χ4v) is 5.71. The van der Waals surface area contributed by atoms with Crippen LogP contribution in [-0.4, -0.2) is 36.1 Å². The second-order valence-electron chi connectivity index (χ2n) is 10.4. The standard InChI is InChI=1S/C25H21Cl2F5N2O4/c1-23(2,3)9-14-24(11-7-8-13(27)17(29)18(11)34-21(24)36)15(10-5-4-6-12(26)16(10)28)19(33-14)20(35)38-22(37)25(30,31)32/h4-8,14-15,19,33H,9H2,1-3H3,(H,34,36)/t14-,15-,19+,24?/m0/s1. The van der Waals surface area contributed by atoms with Gasteiger partial charge in [0.15, 0.2) is 5.82 Å². The van der Waals surface area contributed by atoms with E-state index >= 15 is 8.78 Å². The van der Waals surface area contributed by atoms with Gasteiger partial charge in [0.1, 0.15) is 17.3 Å². The molecule has 38 heavy (non-hydrogen) atoms. The summed E-state index contributed by atoms with van der Waals surface area (Å²) in [7, 11) is 0. The summed E-state index contributed by atoms with van der Waals surface area (Å²) < 4.78 is 73.5. The maximum Gasteiger partial charge on any atom is 0.491 e. The van der Waals surface area contributed by atoms with Crippen molar-refractivity contribution in [2.75, 3.05) is 5.32 Å².